The molecule has 3 nitrogen and oxygen atoms in total. The highest BCUT2D eigenvalue weighted by Gasteiger charge is 2.24. The molecule has 0 radical (unpaired) electrons. The molecule has 1 atom stereocenters. The van der Waals surface area contributed by atoms with Gasteiger partial charge in [0, 0.05) is 18.8 Å². The van der Waals surface area contributed by atoms with Crippen molar-refractivity contribution >= 4 is 17.7 Å². The molecule has 0 aromatic heterocycles. The Morgan fingerprint density at radius 3 is 2.75 bits per heavy atom. The number of hydrogen-bond donors (Lipinski definition) is 1. The fourth-order valence-electron chi connectivity index (χ4n) is 1.09. The van der Waals surface area contributed by atoms with E-state index in [1.165, 1.54) is 0 Å². The quantitative estimate of drug-likeness (QED) is 0.690. The van der Waals surface area contributed by atoms with Crippen LogP contribution in [0.15, 0.2) is 0 Å². The topological polar surface area (TPSA) is 46.3 Å². The van der Waals surface area contributed by atoms with Crippen LogP contribution >= 0.6 is 11.8 Å². The van der Waals surface area contributed by atoms with E-state index < -0.39 is 0 Å². The van der Waals surface area contributed by atoms with Crippen LogP contribution in [0.25, 0.3) is 0 Å². The third-order valence-corrected chi connectivity index (χ3v) is 2.99. The zero-order valence-corrected chi connectivity index (χ0v) is 8.27. The van der Waals surface area contributed by atoms with Crippen molar-refractivity contribution in [1.29, 1.82) is 0 Å². The van der Waals surface area contributed by atoms with Crippen LogP contribution < -0.4 is 5.73 Å². The lowest BCUT2D eigenvalue weighted by molar-refractivity contribution is -0.135. The van der Waals surface area contributed by atoms with Crippen LogP contribution in [0.4, 0.5) is 0 Å². The van der Waals surface area contributed by atoms with Gasteiger partial charge in [0.25, 0.3) is 0 Å². The zero-order chi connectivity index (χ0) is 8.97. The molecule has 1 saturated heterocycles. The molecule has 1 rings (SSSR count). The number of amides is 1. The lowest BCUT2D eigenvalue weighted by atomic mass is 10.2. The van der Waals surface area contributed by atoms with Gasteiger partial charge in [0.15, 0.2) is 0 Å². The van der Waals surface area contributed by atoms with Gasteiger partial charge in [-0.1, -0.05) is 6.92 Å². The van der Waals surface area contributed by atoms with Crippen molar-refractivity contribution in [2.45, 2.75) is 19.4 Å². The van der Waals surface area contributed by atoms with Gasteiger partial charge >= 0.3 is 0 Å². The fraction of sp³-hybridized carbons (Fsp3) is 0.875. The van der Waals surface area contributed by atoms with E-state index in [1.807, 2.05) is 4.90 Å². The Bertz CT molecular complexity index is 159. The van der Waals surface area contributed by atoms with Crippen LogP contribution in [0.1, 0.15) is 13.3 Å². The van der Waals surface area contributed by atoms with E-state index in [0.717, 1.165) is 31.0 Å². The summed E-state index contributed by atoms with van der Waals surface area (Å²) in [5, 5.41) is 0. The molecule has 2 N–H and O–H groups in total. The lowest BCUT2D eigenvalue weighted by Gasteiger charge is -2.32. The monoisotopic (exact) mass is 188 g/mol. The van der Waals surface area contributed by atoms with Crippen molar-refractivity contribution in [1.82, 2.24) is 4.90 Å². The summed E-state index contributed by atoms with van der Waals surface area (Å²) >= 11 is 1.72. The molecule has 0 aromatic rings. The van der Waals surface area contributed by atoms with Crippen molar-refractivity contribution in [3.8, 4) is 0 Å². The minimum Gasteiger partial charge on any atom is -0.341 e. The number of nitrogens with two attached hydrogens (primary N) is 1. The van der Waals surface area contributed by atoms with Gasteiger partial charge in [-0.3, -0.25) is 4.79 Å². The molecular formula is C8H16N2OS. The molecule has 0 spiro atoms. The van der Waals surface area contributed by atoms with Crippen LogP contribution in [-0.2, 0) is 4.79 Å². The highest BCUT2D eigenvalue weighted by molar-refractivity contribution is 7.99. The second-order valence-electron chi connectivity index (χ2n) is 2.94. The Morgan fingerprint density at radius 1 is 1.67 bits per heavy atom. The van der Waals surface area contributed by atoms with E-state index in [9.17, 15) is 4.79 Å². The Labute approximate surface area is 77.7 Å². The van der Waals surface area contributed by atoms with E-state index >= 15 is 0 Å². The van der Waals surface area contributed by atoms with Gasteiger partial charge in [-0.2, -0.15) is 11.8 Å². The number of nitrogens with zero attached hydrogens (tertiary/aromatic N) is 1. The van der Waals surface area contributed by atoms with E-state index in [-0.39, 0.29) is 11.9 Å². The van der Waals surface area contributed by atoms with Gasteiger partial charge in [0.1, 0.15) is 0 Å². The molecule has 0 aliphatic carbocycles. The SMILES string of the molecule is CCSC[C@H](N)C(=O)N1CCC1. The highest BCUT2D eigenvalue weighted by atomic mass is 32.2. The fourth-order valence-corrected chi connectivity index (χ4v) is 1.72. The Morgan fingerprint density at radius 2 is 2.33 bits per heavy atom. The second kappa shape index (κ2) is 4.72. The normalized spacial score (nSPS) is 18.7. The van der Waals surface area contributed by atoms with Crippen molar-refractivity contribution in [3.63, 3.8) is 0 Å². The Balaban J connectivity index is 2.20. The lowest BCUT2D eigenvalue weighted by Crippen LogP contribution is -2.51. The summed E-state index contributed by atoms with van der Waals surface area (Å²) in [4.78, 5) is 13.3. The number of carbonyl (C=O) groups excluding carboxylic acids is 1. The first-order chi connectivity index (χ1) is 5.75. The minimum atomic E-state index is -0.282. The van der Waals surface area contributed by atoms with Crippen molar-refractivity contribution < 1.29 is 4.79 Å². The Kier molecular flexibility index (Phi) is 3.88. The molecule has 0 aromatic carbocycles. The summed E-state index contributed by atoms with van der Waals surface area (Å²) in [6.07, 6.45) is 1.14. The average molecular weight is 188 g/mol. The number of carbonyl (C=O) groups is 1. The number of thioether (sulfide) groups is 1. The molecule has 1 aliphatic rings. The molecule has 1 amide bonds. The van der Waals surface area contributed by atoms with E-state index in [4.69, 9.17) is 5.73 Å². The summed E-state index contributed by atoms with van der Waals surface area (Å²) in [5.41, 5.74) is 5.70. The van der Waals surface area contributed by atoms with Crippen LogP contribution in [0.2, 0.25) is 0 Å². The first kappa shape index (κ1) is 9.86. The third kappa shape index (κ3) is 2.38. The first-order valence-electron chi connectivity index (χ1n) is 4.37. The number of likely N-dealkylation sites (tertiary alicyclic amines) is 1. The molecule has 1 fully saturated rings. The maximum Gasteiger partial charge on any atom is 0.240 e. The van der Waals surface area contributed by atoms with E-state index in [2.05, 4.69) is 6.92 Å². The van der Waals surface area contributed by atoms with E-state index in [0.29, 0.717) is 0 Å². The largest absolute Gasteiger partial charge is 0.341 e. The molecule has 1 heterocycles. The van der Waals surface area contributed by atoms with Crippen LogP contribution in [0, 0.1) is 0 Å². The third-order valence-electron chi connectivity index (χ3n) is 1.99. The molecule has 0 bridgehead atoms. The maximum atomic E-state index is 11.4. The van der Waals surface area contributed by atoms with E-state index in [1.54, 1.807) is 11.8 Å². The molecule has 70 valence electrons. The molecule has 12 heavy (non-hydrogen) atoms. The highest BCUT2D eigenvalue weighted by Crippen LogP contribution is 2.09. The van der Waals surface area contributed by atoms with Crippen molar-refractivity contribution in [3.05, 3.63) is 0 Å². The molecular weight excluding hydrogens is 172 g/mol. The van der Waals surface area contributed by atoms with Gasteiger partial charge < -0.3 is 10.6 Å². The van der Waals surface area contributed by atoms with Crippen molar-refractivity contribution in [2.75, 3.05) is 24.6 Å². The first-order valence-corrected chi connectivity index (χ1v) is 5.53. The minimum absolute atomic E-state index is 0.127. The standard InChI is InChI=1S/C8H16N2OS/c1-2-12-6-7(9)8(11)10-4-3-5-10/h7H,2-6,9H2,1H3/t7-/m0/s1. The molecule has 4 heteroatoms. The number of rotatable bonds is 4. The second-order valence-corrected chi connectivity index (χ2v) is 4.26. The maximum absolute atomic E-state index is 11.4. The molecule has 1 aliphatic heterocycles. The van der Waals surface area contributed by atoms with Crippen LogP contribution in [-0.4, -0.2) is 41.4 Å². The molecule has 0 unspecified atom stereocenters. The zero-order valence-electron chi connectivity index (χ0n) is 7.45. The van der Waals surface area contributed by atoms with Gasteiger partial charge in [-0.15, -0.1) is 0 Å². The summed E-state index contributed by atoms with van der Waals surface area (Å²) < 4.78 is 0. The van der Waals surface area contributed by atoms with Gasteiger partial charge in [0.05, 0.1) is 6.04 Å². The Hall–Kier alpha value is -0.220. The van der Waals surface area contributed by atoms with Gasteiger partial charge in [-0.05, 0) is 12.2 Å². The van der Waals surface area contributed by atoms with Crippen LogP contribution in [0.5, 0.6) is 0 Å². The summed E-state index contributed by atoms with van der Waals surface area (Å²) in [7, 11) is 0. The smallest absolute Gasteiger partial charge is 0.240 e. The van der Waals surface area contributed by atoms with Crippen molar-refractivity contribution in [2.24, 2.45) is 5.73 Å². The summed E-state index contributed by atoms with van der Waals surface area (Å²) in [6, 6.07) is -0.282. The number of hydrogen-bond acceptors (Lipinski definition) is 3. The predicted molar refractivity (Wildman–Crippen MR) is 52.2 cm³/mol. The van der Waals surface area contributed by atoms with Crippen LogP contribution in [0.3, 0.4) is 0 Å². The summed E-state index contributed by atoms with van der Waals surface area (Å²) in [6.45, 7) is 3.89. The predicted octanol–water partition coefficient (Wildman–Crippen LogP) is 0.299. The summed E-state index contributed by atoms with van der Waals surface area (Å²) in [5.74, 6) is 1.91. The van der Waals surface area contributed by atoms with Gasteiger partial charge in [-0.25, -0.2) is 0 Å². The average Bonchev–Trinajstić information content (AvgIpc) is 1.96. The van der Waals surface area contributed by atoms with Gasteiger partial charge in [0.2, 0.25) is 5.91 Å². The molecule has 0 saturated carbocycles.